The van der Waals surface area contributed by atoms with Crippen molar-refractivity contribution in [3.05, 3.63) is 28.3 Å². The highest BCUT2D eigenvalue weighted by molar-refractivity contribution is 6.30. The molecule has 3 heteroatoms. The summed E-state index contributed by atoms with van der Waals surface area (Å²) >= 11 is 5.94. The monoisotopic (exact) mass is 242 g/mol. The second kappa shape index (κ2) is 6.77. The van der Waals surface area contributed by atoms with Gasteiger partial charge in [-0.1, -0.05) is 11.6 Å². The molecule has 0 unspecified atom stereocenters. The Morgan fingerprint density at radius 2 is 1.75 bits per heavy atom. The highest BCUT2D eigenvalue weighted by Crippen LogP contribution is 2.27. The van der Waals surface area contributed by atoms with Gasteiger partial charge in [-0.15, -0.1) is 0 Å². The molecule has 0 saturated heterocycles. The number of benzene rings is 1. The first-order valence-electron chi connectivity index (χ1n) is 5.65. The molecule has 0 aliphatic carbocycles. The molecule has 2 nitrogen and oxygen atoms in total. The average molecular weight is 243 g/mol. The van der Waals surface area contributed by atoms with Crippen LogP contribution < -0.4 is 4.74 Å². The second-order valence-corrected chi connectivity index (χ2v) is 4.44. The van der Waals surface area contributed by atoms with Crippen molar-refractivity contribution in [1.82, 2.24) is 0 Å². The predicted molar refractivity (Wildman–Crippen MR) is 67.4 cm³/mol. The molecule has 0 radical (unpaired) electrons. The molecule has 0 amide bonds. The quantitative estimate of drug-likeness (QED) is 0.774. The molecule has 0 fully saturated rings. The third-order valence-electron chi connectivity index (χ3n) is 2.47. The van der Waals surface area contributed by atoms with Crippen LogP contribution >= 0.6 is 11.6 Å². The van der Waals surface area contributed by atoms with Gasteiger partial charge in [-0.05, 0) is 56.4 Å². The molecule has 0 aliphatic heterocycles. The van der Waals surface area contributed by atoms with Crippen LogP contribution in [0.4, 0.5) is 0 Å². The lowest BCUT2D eigenvalue weighted by Crippen LogP contribution is -2.01. The Morgan fingerprint density at radius 3 is 2.31 bits per heavy atom. The van der Waals surface area contributed by atoms with Crippen LogP contribution in [0.15, 0.2) is 12.1 Å². The first-order chi connectivity index (χ1) is 7.65. The van der Waals surface area contributed by atoms with Crippen molar-refractivity contribution in [3.63, 3.8) is 0 Å². The van der Waals surface area contributed by atoms with Crippen LogP contribution in [0.3, 0.4) is 0 Å². The molecule has 0 atom stereocenters. The fourth-order valence-electron chi connectivity index (χ4n) is 1.69. The number of unbranched alkanes of at least 4 members (excludes halogenated alkanes) is 2. The van der Waals surface area contributed by atoms with Crippen LogP contribution in [-0.2, 0) is 0 Å². The molecule has 0 spiro atoms. The van der Waals surface area contributed by atoms with Gasteiger partial charge in [-0.2, -0.15) is 0 Å². The van der Waals surface area contributed by atoms with E-state index in [1.54, 1.807) is 0 Å². The highest BCUT2D eigenvalue weighted by atomic mass is 35.5. The van der Waals surface area contributed by atoms with Crippen LogP contribution in [0.25, 0.3) is 0 Å². The molecule has 1 aromatic rings. The van der Waals surface area contributed by atoms with Crippen molar-refractivity contribution in [3.8, 4) is 5.75 Å². The lowest BCUT2D eigenvalue weighted by Gasteiger charge is -2.12. The van der Waals surface area contributed by atoms with E-state index in [1.165, 1.54) is 0 Å². The lowest BCUT2D eigenvalue weighted by atomic mass is 10.1. The van der Waals surface area contributed by atoms with Crippen molar-refractivity contribution in [2.75, 3.05) is 13.2 Å². The third-order valence-corrected chi connectivity index (χ3v) is 2.69. The summed E-state index contributed by atoms with van der Waals surface area (Å²) in [5.41, 5.74) is 2.15. The second-order valence-electron chi connectivity index (χ2n) is 4.00. The maximum atomic E-state index is 8.65. The molecule has 90 valence electrons. The molecule has 1 N–H and O–H groups in total. The summed E-state index contributed by atoms with van der Waals surface area (Å²) in [7, 11) is 0. The zero-order valence-electron chi connectivity index (χ0n) is 9.92. The summed E-state index contributed by atoms with van der Waals surface area (Å²) < 4.78 is 5.73. The number of halogens is 1. The van der Waals surface area contributed by atoms with Gasteiger partial charge in [0.1, 0.15) is 5.75 Å². The van der Waals surface area contributed by atoms with E-state index in [2.05, 4.69) is 0 Å². The first kappa shape index (κ1) is 13.3. The Labute approximate surface area is 102 Å². The normalized spacial score (nSPS) is 10.5. The number of aliphatic hydroxyl groups is 1. The van der Waals surface area contributed by atoms with Gasteiger partial charge in [0.25, 0.3) is 0 Å². The van der Waals surface area contributed by atoms with Crippen molar-refractivity contribution >= 4 is 11.6 Å². The molecule has 0 saturated carbocycles. The minimum Gasteiger partial charge on any atom is -0.493 e. The van der Waals surface area contributed by atoms with E-state index in [0.717, 1.165) is 41.2 Å². The summed E-state index contributed by atoms with van der Waals surface area (Å²) in [6.07, 6.45) is 2.83. The van der Waals surface area contributed by atoms with E-state index >= 15 is 0 Å². The number of aliphatic hydroxyl groups excluding tert-OH is 1. The zero-order valence-corrected chi connectivity index (χ0v) is 10.7. The van der Waals surface area contributed by atoms with Crippen molar-refractivity contribution < 1.29 is 9.84 Å². The largest absolute Gasteiger partial charge is 0.493 e. The van der Waals surface area contributed by atoms with Crippen LogP contribution in [-0.4, -0.2) is 18.3 Å². The fraction of sp³-hybridized carbons (Fsp3) is 0.538. The molecule has 0 aromatic heterocycles. The van der Waals surface area contributed by atoms with Crippen LogP contribution in [0.5, 0.6) is 5.75 Å². The predicted octanol–water partition coefficient (Wildman–Crippen LogP) is 3.50. The first-order valence-corrected chi connectivity index (χ1v) is 6.03. The summed E-state index contributed by atoms with van der Waals surface area (Å²) in [6.45, 7) is 4.96. The number of ether oxygens (including phenoxy) is 1. The van der Waals surface area contributed by atoms with E-state index in [4.69, 9.17) is 21.4 Å². The number of hydrogen-bond donors (Lipinski definition) is 1. The topological polar surface area (TPSA) is 29.5 Å². The van der Waals surface area contributed by atoms with E-state index < -0.39 is 0 Å². The zero-order chi connectivity index (χ0) is 12.0. The molecular weight excluding hydrogens is 224 g/mol. The molecule has 1 rings (SSSR count). The molecule has 16 heavy (non-hydrogen) atoms. The molecule has 0 aliphatic rings. The highest BCUT2D eigenvalue weighted by Gasteiger charge is 2.05. The van der Waals surface area contributed by atoms with Crippen LogP contribution in [0.2, 0.25) is 5.02 Å². The molecule has 0 bridgehead atoms. The summed E-state index contributed by atoms with van der Waals surface area (Å²) in [5.74, 6) is 0.938. The maximum absolute atomic E-state index is 8.65. The fourth-order valence-corrected chi connectivity index (χ4v) is 2.02. The van der Waals surface area contributed by atoms with E-state index in [9.17, 15) is 0 Å². The summed E-state index contributed by atoms with van der Waals surface area (Å²) in [5, 5.41) is 9.40. The Kier molecular flexibility index (Phi) is 5.64. The van der Waals surface area contributed by atoms with Crippen molar-refractivity contribution in [1.29, 1.82) is 0 Å². The number of rotatable bonds is 6. The Hall–Kier alpha value is -0.730. The van der Waals surface area contributed by atoms with Crippen molar-refractivity contribution in [2.45, 2.75) is 33.1 Å². The smallest absolute Gasteiger partial charge is 0.125 e. The minimum absolute atomic E-state index is 0.263. The summed E-state index contributed by atoms with van der Waals surface area (Å²) in [6, 6.07) is 3.83. The van der Waals surface area contributed by atoms with Crippen molar-refractivity contribution in [2.24, 2.45) is 0 Å². The van der Waals surface area contributed by atoms with Gasteiger partial charge in [0.2, 0.25) is 0 Å². The van der Waals surface area contributed by atoms with Gasteiger partial charge < -0.3 is 9.84 Å². The minimum atomic E-state index is 0.263. The van der Waals surface area contributed by atoms with E-state index in [0.29, 0.717) is 6.61 Å². The van der Waals surface area contributed by atoms with Crippen LogP contribution in [0.1, 0.15) is 30.4 Å². The standard InChI is InChI=1S/C13H19ClO2/c1-10-8-12(14)9-11(2)13(10)16-7-5-3-4-6-15/h8-9,15H,3-7H2,1-2H3. The Bertz CT molecular complexity index is 314. The van der Waals surface area contributed by atoms with Gasteiger partial charge in [0, 0.05) is 11.6 Å². The molecule has 0 heterocycles. The SMILES string of the molecule is Cc1cc(Cl)cc(C)c1OCCCCCO. The number of aryl methyl sites for hydroxylation is 2. The van der Waals surface area contributed by atoms with Gasteiger partial charge in [0.15, 0.2) is 0 Å². The summed E-state index contributed by atoms with van der Waals surface area (Å²) in [4.78, 5) is 0. The van der Waals surface area contributed by atoms with Gasteiger partial charge in [-0.25, -0.2) is 0 Å². The van der Waals surface area contributed by atoms with Gasteiger partial charge >= 0.3 is 0 Å². The molecular formula is C13H19ClO2. The van der Waals surface area contributed by atoms with E-state index in [1.807, 2.05) is 26.0 Å². The average Bonchev–Trinajstić information content (AvgIpc) is 2.20. The van der Waals surface area contributed by atoms with Gasteiger partial charge in [-0.3, -0.25) is 0 Å². The lowest BCUT2D eigenvalue weighted by molar-refractivity contribution is 0.265. The molecule has 1 aromatic carbocycles. The third kappa shape index (κ3) is 4.03. The van der Waals surface area contributed by atoms with Gasteiger partial charge in [0.05, 0.1) is 6.61 Å². The van der Waals surface area contributed by atoms with Crippen LogP contribution in [0, 0.1) is 13.8 Å². The van der Waals surface area contributed by atoms with E-state index in [-0.39, 0.29) is 6.61 Å². The Balaban J connectivity index is 2.47. The number of hydrogen-bond acceptors (Lipinski definition) is 2. The Morgan fingerprint density at radius 1 is 1.12 bits per heavy atom. The maximum Gasteiger partial charge on any atom is 0.125 e.